The predicted octanol–water partition coefficient (Wildman–Crippen LogP) is 5.20. The molecule has 0 aliphatic heterocycles. The van der Waals surface area contributed by atoms with Gasteiger partial charge in [-0.3, -0.25) is 0 Å². The molecule has 0 saturated heterocycles. The fourth-order valence-electron chi connectivity index (χ4n) is 3.30. The molecule has 1 aliphatic rings. The number of rotatable bonds is 4. The van der Waals surface area contributed by atoms with E-state index in [-0.39, 0.29) is 33.2 Å². The van der Waals surface area contributed by atoms with E-state index in [1.54, 1.807) is 24.3 Å². The van der Waals surface area contributed by atoms with E-state index in [2.05, 4.69) is 24.6 Å². The second-order valence-corrected chi connectivity index (χ2v) is 8.11. The smallest absolute Gasteiger partial charge is 0.572 e. The van der Waals surface area contributed by atoms with Crippen LogP contribution in [0.15, 0.2) is 59.0 Å². The summed E-state index contributed by atoms with van der Waals surface area (Å²) in [5.74, 6) is 1.37. The molecule has 25 heavy (non-hydrogen) atoms. The summed E-state index contributed by atoms with van der Waals surface area (Å²) in [5, 5.41) is 0. The van der Waals surface area contributed by atoms with Crippen LogP contribution < -0.4 is 0 Å². The van der Waals surface area contributed by atoms with Crippen LogP contribution in [0.1, 0.15) is 43.4 Å². The number of hydrogen-bond acceptors (Lipinski definition) is 2. The van der Waals surface area contributed by atoms with Gasteiger partial charge >= 0.3 is 22.4 Å². The first-order chi connectivity index (χ1) is 11.3. The second kappa shape index (κ2) is 7.42. The van der Waals surface area contributed by atoms with Gasteiger partial charge in [-0.1, -0.05) is 42.0 Å². The first-order valence-electron chi connectivity index (χ1n) is 7.96. The Morgan fingerprint density at radius 1 is 0.960 bits per heavy atom. The first kappa shape index (κ1) is 19.9. The summed E-state index contributed by atoms with van der Waals surface area (Å²) >= 11 is 0. The van der Waals surface area contributed by atoms with E-state index in [0.29, 0.717) is 5.70 Å². The number of sulfonamides is 1. The minimum absolute atomic E-state index is 0. The molecule has 0 saturated carbocycles. The van der Waals surface area contributed by atoms with Gasteiger partial charge in [0, 0.05) is 5.56 Å². The maximum Gasteiger partial charge on any atom is 1.00 e. The fraction of sp³-hybridized carbons (Fsp3) is 0.250. The fourth-order valence-corrected chi connectivity index (χ4v) is 4.36. The van der Waals surface area contributed by atoms with Gasteiger partial charge in [0.1, 0.15) is 15.9 Å². The Morgan fingerprint density at radius 3 is 2.16 bits per heavy atom. The van der Waals surface area contributed by atoms with Crippen molar-refractivity contribution in [3.63, 3.8) is 0 Å². The number of allylic oxidation sites excluding steroid dienone is 1. The molecule has 0 fully saturated rings. The van der Waals surface area contributed by atoms with Crippen molar-refractivity contribution in [1.29, 1.82) is 0 Å². The van der Waals surface area contributed by atoms with Crippen LogP contribution in [0, 0.1) is 12.8 Å². The number of aryl methyl sites for hydroxylation is 1. The summed E-state index contributed by atoms with van der Waals surface area (Å²) in [6.45, 7) is 8.05. The van der Waals surface area contributed by atoms with E-state index in [4.69, 9.17) is 0 Å². The van der Waals surface area contributed by atoms with E-state index in [1.807, 2.05) is 32.0 Å². The van der Waals surface area contributed by atoms with Crippen LogP contribution >= 0.6 is 0 Å². The van der Waals surface area contributed by atoms with Crippen molar-refractivity contribution in [2.45, 2.75) is 38.5 Å². The van der Waals surface area contributed by atoms with Crippen LogP contribution in [0.5, 0.6) is 0 Å². The van der Waals surface area contributed by atoms with Crippen molar-refractivity contribution < 1.29 is 30.8 Å². The Balaban J connectivity index is 0.00000225. The standard InChI is InChI=1S/C20H21NO2S.Ag/c1-13(2)19-15(4)20(18-8-6-5-7-17(18)19)21-24(22,23)16-11-9-14(3)10-12-16;/h5-12,19H,1-4H3;/q;+1/t19-;/m1./s1. The van der Waals surface area contributed by atoms with Crippen LogP contribution in [0.4, 0.5) is 0 Å². The second-order valence-electron chi connectivity index (χ2n) is 6.51. The molecule has 3 nitrogen and oxygen atoms in total. The Bertz CT molecular complexity index is 900. The zero-order chi connectivity index (χ0) is 17.5. The molecule has 1 aliphatic carbocycles. The van der Waals surface area contributed by atoms with Crippen LogP contribution in [0.2, 0.25) is 0 Å². The topological polar surface area (TPSA) is 48.2 Å². The zero-order valence-electron chi connectivity index (χ0n) is 14.7. The molecule has 0 amide bonds. The SMILES string of the molecule is CC1=C([N-]S(=O)(=O)c2ccc(C)cc2)c2ccccc2[C@@H]1[C+](C)C.[Ag+]. The molecule has 0 aromatic heterocycles. The predicted molar refractivity (Wildman–Crippen MR) is 98.1 cm³/mol. The summed E-state index contributed by atoms with van der Waals surface area (Å²) in [7, 11) is -3.73. The Morgan fingerprint density at radius 2 is 1.56 bits per heavy atom. The van der Waals surface area contributed by atoms with E-state index in [0.717, 1.165) is 22.3 Å². The molecule has 0 radical (unpaired) electrons. The molecule has 2 aromatic carbocycles. The molecular formula is C20H21AgNO2S+. The van der Waals surface area contributed by atoms with Crippen molar-refractivity contribution in [3.05, 3.63) is 81.4 Å². The third-order valence-electron chi connectivity index (χ3n) is 4.44. The van der Waals surface area contributed by atoms with Crippen LogP contribution in [-0.4, -0.2) is 8.42 Å². The average Bonchev–Trinajstić information content (AvgIpc) is 2.80. The van der Waals surface area contributed by atoms with Gasteiger partial charge in [-0.25, -0.2) is 8.42 Å². The monoisotopic (exact) mass is 446 g/mol. The van der Waals surface area contributed by atoms with Crippen molar-refractivity contribution in [3.8, 4) is 0 Å². The van der Waals surface area contributed by atoms with E-state index >= 15 is 0 Å². The van der Waals surface area contributed by atoms with Gasteiger partial charge < -0.3 is 4.72 Å². The summed E-state index contributed by atoms with van der Waals surface area (Å²) < 4.78 is 29.6. The van der Waals surface area contributed by atoms with E-state index < -0.39 is 10.0 Å². The molecular weight excluding hydrogens is 426 g/mol. The molecule has 3 rings (SSSR count). The van der Waals surface area contributed by atoms with Crippen LogP contribution in [0.3, 0.4) is 0 Å². The minimum atomic E-state index is -3.73. The number of nitrogens with zero attached hydrogens (tertiary/aromatic N) is 1. The van der Waals surface area contributed by atoms with Crippen molar-refractivity contribution in [1.82, 2.24) is 0 Å². The third-order valence-corrected chi connectivity index (χ3v) is 5.73. The van der Waals surface area contributed by atoms with Gasteiger partial charge in [-0.2, -0.15) is 0 Å². The van der Waals surface area contributed by atoms with Crippen molar-refractivity contribution >= 4 is 15.7 Å². The molecule has 0 N–H and O–H groups in total. The van der Waals surface area contributed by atoms with Gasteiger partial charge in [0.05, 0.1) is 24.7 Å². The maximum atomic E-state index is 12.7. The average molecular weight is 447 g/mol. The summed E-state index contributed by atoms with van der Waals surface area (Å²) in [6, 6.07) is 14.7. The molecule has 0 unspecified atom stereocenters. The number of hydrogen-bond donors (Lipinski definition) is 0. The zero-order valence-corrected chi connectivity index (χ0v) is 17.0. The molecule has 0 heterocycles. The quantitative estimate of drug-likeness (QED) is 0.478. The van der Waals surface area contributed by atoms with Gasteiger partial charge in [-0.05, 0) is 37.1 Å². The van der Waals surface area contributed by atoms with Gasteiger partial charge in [-0.15, -0.1) is 5.70 Å². The van der Waals surface area contributed by atoms with Crippen molar-refractivity contribution in [2.75, 3.05) is 0 Å². The molecule has 1 atom stereocenters. The molecule has 0 bridgehead atoms. The summed E-state index contributed by atoms with van der Waals surface area (Å²) in [6.07, 6.45) is 0. The van der Waals surface area contributed by atoms with E-state index in [1.165, 1.54) is 5.92 Å². The van der Waals surface area contributed by atoms with Crippen molar-refractivity contribution in [2.24, 2.45) is 0 Å². The van der Waals surface area contributed by atoms with Crippen LogP contribution in [-0.2, 0) is 32.4 Å². The number of benzene rings is 2. The van der Waals surface area contributed by atoms with Gasteiger partial charge in [0.25, 0.3) is 0 Å². The molecule has 134 valence electrons. The molecule has 0 spiro atoms. The van der Waals surface area contributed by atoms with Gasteiger partial charge in [0.2, 0.25) is 0 Å². The normalized spacial score (nSPS) is 16.2. The molecule has 2 aromatic rings. The van der Waals surface area contributed by atoms with Crippen LogP contribution in [0.25, 0.3) is 10.4 Å². The number of fused-ring (bicyclic) bond motifs is 1. The largest absolute Gasteiger partial charge is 1.00 e. The summed E-state index contributed by atoms with van der Waals surface area (Å²) in [4.78, 5) is 0.228. The first-order valence-corrected chi connectivity index (χ1v) is 9.40. The Labute approximate surface area is 166 Å². The maximum absolute atomic E-state index is 12.7. The third kappa shape index (κ3) is 3.72. The molecule has 5 heteroatoms. The van der Waals surface area contributed by atoms with Gasteiger partial charge in [0.15, 0.2) is 0 Å². The Kier molecular flexibility index (Phi) is 5.90. The summed E-state index contributed by atoms with van der Waals surface area (Å²) in [5.41, 5.74) is 4.64. The van der Waals surface area contributed by atoms with E-state index in [9.17, 15) is 8.42 Å². The minimum Gasteiger partial charge on any atom is -0.572 e. The Hall–Kier alpha value is -1.46.